The molecular weight excluding hydrogens is 520 g/mol. The summed E-state index contributed by atoms with van der Waals surface area (Å²) < 4.78 is 11.4. The molecule has 3 rings (SSSR count). The van der Waals surface area contributed by atoms with Gasteiger partial charge in [-0.2, -0.15) is 0 Å². The molecule has 0 spiro atoms. The fraction of sp³-hybridized carbons (Fsp3) is 0.240. The molecule has 1 heterocycles. The molecule has 1 saturated heterocycles. The number of imide groups is 1. The van der Waals surface area contributed by atoms with Crippen LogP contribution in [-0.4, -0.2) is 42.2 Å². The van der Waals surface area contributed by atoms with E-state index in [1.54, 1.807) is 30.3 Å². The number of nitrogens with one attached hydrogen (secondary N) is 1. The Balaban J connectivity index is 1.72. The average molecular weight is 543 g/mol. The van der Waals surface area contributed by atoms with Crippen LogP contribution in [-0.2, 0) is 9.59 Å². The molecule has 9 heteroatoms. The summed E-state index contributed by atoms with van der Waals surface area (Å²) >= 11 is 4.18. The number of nitrogens with zero attached hydrogens (tertiary/aromatic N) is 1. The topological polar surface area (TPSA) is 84.9 Å². The molecule has 1 fully saturated rings. The van der Waals surface area contributed by atoms with Crippen molar-refractivity contribution < 1.29 is 23.9 Å². The van der Waals surface area contributed by atoms with Crippen LogP contribution in [0.2, 0.25) is 0 Å². The number of thioether (sulfide) groups is 1. The van der Waals surface area contributed by atoms with Gasteiger partial charge in [0, 0.05) is 5.69 Å². The zero-order chi connectivity index (χ0) is 24.8. The van der Waals surface area contributed by atoms with E-state index in [0.717, 1.165) is 22.2 Å². The highest BCUT2D eigenvalue weighted by molar-refractivity contribution is 9.10. The highest BCUT2D eigenvalue weighted by Crippen LogP contribution is 2.39. The third kappa shape index (κ3) is 6.01. The van der Waals surface area contributed by atoms with Gasteiger partial charge in [-0.05, 0) is 75.1 Å². The number of amides is 3. The van der Waals surface area contributed by atoms with Crippen LogP contribution in [0, 0.1) is 12.3 Å². The number of hydrogen-bond acceptors (Lipinski definition) is 6. The Bertz CT molecular complexity index is 1190. The van der Waals surface area contributed by atoms with Gasteiger partial charge < -0.3 is 14.8 Å². The monoisotopic (exact) mass is 542 g/mol. The van der Waals surface area contributed by atoms with Crippen molar-refractivity contribution in [3.05, 3.63) is 56.9 Å². The van der Waals surface area contributed by atoms with Crippen LogP contribution >= 0.6 is 27.7 Å². The lowest BCUT2D eigenvalue weighted by molar-refractivity contribution is -0.127. The molecule has 0 atom stereocenters. The highest BCUT2D eigenvalue weighted by Gasteiger charge is 2.36. The number of carbonyl (C=O) groups excluding carboxylic acids is 3. The Hall–Kier alpha value is -3.22. The number of halogens is 1. The van der Waals surface area contributed by atoms with Crippen molar-refractivity contribution in [2.24, 2.45) is 0 Å². The van der Waals surface area contributed by atoms with E-state index in [2.05, 4.69) is 41.0 Å². The van der Waals surface area contributed by atoms with Crippen molar-refractivity contribution in [2.75, 3.05) is 25.6 Å². The summed E-state index contributed by atoms with van der Waals surface area (Å²) in [5, 5.41) is 2.21. The zero-order valence-corrected chi connectivity index (χ0v) is 21.3. The van der Waals surface area contributed by atoms with Crippen molar-refractivity contribution in [3.63, 3.8) is 0 Å². The predicted octanol–water partition coefficient (Wildman–Crippen LogP) is 5.27. The van der Waals surface area contributed by atoms with E-state index in [9.17, 15) is 14.4 Å². The molecule has 0 aromatic heterocycles. The molecule has 34 heavy (non-hydrogen) atoms. The van der Waals surface area contributed by atoms with Gasteiger partial charge in [-0.25, -0.2) is 0 Å². The first-order valence-electron chi connectivity index (χ1n) is 10.3. The summed E-state index contributed by atoms with van der Waals surface area (Å²) in [6.07, 6.45) is 6.81. The molecule has 1 N–H and O–H groups in total. The Morgan fingerprint density at radius 2 is 1.97 bits per heavy atom. The molecule has 1 aliphatic rings. The quantitative estimate of drug-likeness (QED) is 0.361. The lowest BCUT2D eigenvalue weighted by Gasteiger charge is -2.13. The predicted molar refractivity (Wildman–Crippen MR) is 137 cm³/mol. The molecule has 2 aromatic carbocycles. The minimum Gasteiger partial charge on any atom is -0.493 e. The van der Waals surface area contributed by atoms with Crippen LogP contribution in [0.3, 0.4) is 0 Å². The number of carbonyl (C=O) groups is 3. The Morgan fingerprint density at radius 3 is 2.59 bits per heavy atom. The first kappa shape index (κ1) is 25.4. The third-order valence-electron chi connectivity index (χ3n) is 4.89. The average Bonchev–Trinajstić information content (AvgIpc) is 3.05. The largest absolute Gasteiger partial charge is 0.493 e. The fourth-order valence-corrected chi connectivity index (χ4v) is 4.57. The van der Waals surface area contributed by atoms with Crippen molar-refractivity contribution in [3.8, 4) is 23.8 Å². The van der Waals surface area contributed by atoms with Crippen molar-refractivity contribution in [2.45, 2.75) is 19.8 Å². The smallest absolute Gasteiger partial charge is 0.294 e. The highest BCUT2D eigenvalue weighted by atomic mass is 79.9. The molecule has 0 radical (unpaired) electrons. The molecule has 3 amide bonds. The Kier molecular flexibility index (Phi) is 8.42. The van der Waals surface area contributed by atoms with Gasteiger partial charge in [0.2, 0.25) is 5.91 Å². The first-order valence-corrected chi connectivity index (χ1v) is 11.9. The Labute approximate surface area is 211 Å². The maximum atomic E-state index is 12.8. The number of methoxy groups -OCH3 is 1. The molecule has 1 aliphatic heterocycles. The van der Waals surface area contributed by atoms with Gasteiger partial charge in [0.05, 0.1) is 16.5 Å². The second-order valence-electron chi connectivity index (χ2n) is 7.62. The number of rotatable bonds is 8. The number of anilines is 1. The third-order valence-corrected chi connectivity index (χ3v) is 6.38. The van der Waals surface area contributed by atoms with Gasteiger partial charge in [0.1, 0.15) is 13.2 Å². The summed E-state index contributed by atoms with van der Waals surface area (Å²) in [5.74, 6) is 2.61. The number of terminal acetylenes is 1. The van der Waals surface area contributed by atoms with Gasteiger partial charge in [-0.3, -0.25) is 19.3 Å². The van der Waals surface area contributed by atoms with E-state index >= 15 is 0 Å². The van der Waals surface area contributed by atoms with Crippen LogP contribution in [0.5, 0.6) is 11.5 Å². The van der Waals surface area contributed by atoms with Crippen molar-refractivity contribution in [1.82, 2.24) is 4.90 Å². The second kappa shape index (κ2) is 11.3. The summed E-state index contributed by atoms with van der Waals surface area (Å²) in [6.45, 7) is 3.85. The minimum atomic E-state index is -0.539. The summed E-state index contributed by atoms with van der Waals surface area (Å²) in [6, 6.07) is 10.8. The molecule has 0 unspecified atom stereocenters. The molecule has 7 nitrogen and oxygen atoms in total. The fourth-order valence-electron chi connectivity index (χ4n) is 3.16. The number of benzene rings is 2. The maximum Gasteiger partial charge on any atom is 0.294 e. The minimum absolute atomic E-state index is 0.0666. The first-order chi connectivity index (χ1) is 16.2. The van der Waals surface area contributed by atoms with E-state index in [1.807, 2.05) is 12.1 Å². The van der Waals surface area contributed by atoms with Crippen LogP contribution in [0.4, 0.5) is 10.5 Å². The van der Waals surface area contributed by atoms with Gasteiger partial charge in [0.15, 0.2) is 11.5 Å². The lowest BCUT2D eigenvalue weighted by atomic mass is 10.0. The van der Waals surface area contributed by atoms with Crippen LogP contribution in [0.1, 0.15) is 30.9 Å². The molecule has 0 aliphatic carbocycles. The maximum absolute atomic E-state index is 12.8. The molecule has 2 aromatic rings. The zero-order valence-electron chi connectivity index (χ0n) is 18.9. The van der Waals surface area contributed by atoms with Gasteiger partial charge >= 0.3 is 0 Å². The number of hydrogen-bond donors (Lipinski definition) is 1. The second-order valence-corrected chi connectivity index (χ2v) is 9.47. The normalized spacial score (nSPS) is 14.5. The van der Waals surface area contributed by atoms with Gasteiger partial charge in [-0.1, -0.05) is 31.9 Å². The summed E-state index contributed by atoms with van der Waals surface area (Å²) in [5.41, 5.74) is 2.35. The van der Waals surface area contributed by atoms with Crippen molar-refractivity contribution >= 4 is 56.5 Å². The molecular formula is C25H23BrN2O5S. The summed E-state index contributed by atoms with van der Waals surface area (Å²) in [4.78, 5) is 38.8. The van der Waals surface area contributed by atoms with Crippen LogP contribution in [0.25, 0.3) is 6.08 Å². The van der Waals surface area contributed by atoms with Gasteiger partial charge in [-0.15, -0.1) is 6.42 Å². The lowest BCUT2D eigenvalue weighted by Crippen LogP contribution is -2.36. The molecule has 0 bridgehead atoms. The van der Waals surface area contributed by atoms with E-state index in [1.165, 1.54) is 7.11 Å². The van der Waals surface area contributed by atoms with E-state index < -0.39 is 17.1 Å². The van der Waals surface area contributed by atoms with E-state index in [4.69, 9.17) is 15.9 Å². The SMILES string of the molecule is C#CCOc1c(Br)cc(/C=C2\SC(=O)N(CC(=O)Nc3ccc(C(C)C)cc3)C2=O)cc1OC. The molecule has 0 saturated carbocycles. The standard InChI is InChI=1S/C25H23BrN2O5S/c1-5-10-33-23-19(26)11-16(12-20(23)32-4)13-21-24(30)28(25(31)34-21)14-22(29)27-18-8-6-17(7-9-18)15(2)3/h1,6-9,11-13,15H,10,14H2,2-4H3,(H,27,29)/b21-13-. The van der Waals surface area contributed by atoms with Crippen LogP contribution in [0.15, 0.2) is 45.8 Å². The number of ether oxygens (including phenoxy) is 2. The summed E-state index contributed by atoms with van der Waals surface area (Å²) in [7, 11) is 1.48. The van der Waals surface area contributed by atoms with Crippen molar-refractivity contribution in [1.29, 1.82) is 0 Å². The molecule has 176 valence electrons. The van der Waals surface area contributed by atoms with E-state index in [-0.39, 0.29) is 18.1 Å². The van der Waals surface area contributed by atoms with Crippen LogP contribution < -0.4 is 14.8 Å². The Morgan fingerprint density at radius 1 is 1.26 bits per heavy atom. The van der Waals surface area contributed by atoms with E-state index in [0.29, 0.717) is 33.1 Å². The van der Waals surface area contributed by atoms with Gasteiger partial charge in [0.25, 0.3) is 11.1 Å².